The van der Waals surface area contributed by atoms with E-state index >= 15 is 0 Å². The van der Waals surface area contributed by atoms with Crippen molar-refractivity contribution in [3.8, 4) is 89.0 Å². The van der Waals surface area contributed by atoms with Gasteiger partial charge < -0.3 is 35.5 Å². The maximum Gasteiger partial charge on any atom is 2.00 e. The standard InChI is InChI=1S/C114H102N14.2Zn/c1-60-48-66(7)98(67(8)49-60)106-86-34-30-82(117-86)104(83-31-35-87(118-83)107(99-68(9)50-61(2)51-69(99)10)91-39-43-95(122-91)110(94-42-38-90(106)121-94)102-74(15)56-64(5)57-75(102)16)78-22-26-80(27-23-78)115-112-125-113(127-114(126-112)128-46-20-19-21-47-128)116-81-28-24-79(25-29-81)105-84-32-36-88(119-84)108(100-70(11)52-62(3)53-71(100)12)92-40-44-96(123-92)111(103-76(17)58-65(6)59-77(103)18)97-45-41-93(124-97)109(89-37-33-85(105)120-89)101-72(13)54-63(4)55-73(101)14;;/h22-45,48-59H,19-21,46-47H2,1-18H3,(H2,115,116,125,126,127);;/q-4;2*+2. The van der Waals surface area contributed by atoms with Gasteiger partial charge in [0, 0.05) is 24.5 Å². The van der Waals surface area contributed by atoms with Crippen LogP contribution in [0.5, 0.6) is 0 Å². The Morgan fingerprint density at radius 1 is 0.215 bits per heavy atom. The summed E-state index contributed by atoms with van der Waals surface area (Å²) in [4.78, 5) is 63.6. The van der Waals surface area contributed by atoms with Gasteiger partial charge in [-0.25, -0.2) is 19.9 Å². The second-order valence-corrected chi connectivity index (χ2v) is 36.1. The van der Waals surface area contributed by atoms with E-state index in [1.54, 1.807) is 0 Å². The van der Waals surface area contributed by atoms with E-state index in [0.29, 0.717) is 17.8 Å². The van der Waals surface area contributed by atoms with Gasteiger partial charge in [0.05, 0.1) is 45.6 Å². The van der Waals surface area contributed by atoms with E-state index in [4.69, 9.17) is 54.8 Å². The average molecular weight is 1800 g/mol. The van der Waals surface area contributed by atoms with Crippen molar-refractivity contribution in [1.82, 2.24) is 54.8 Å². The van der Waals surface area contributed by atoms with Crippen molar-refractivity contribution in [2.45, 2.75) is 144 Å². The Balaban J connectivity index is 0.00000569. The predicted octanol–water partition coefficient (Wildman–Crippen LogP) is 27.7. The molecule has 0 amide bonds. The van der Waals surface area contributed by atoms with Gasteiger partial charge in [-0.05, 0) is 373 Å². The maximum atomic E-state index is 5.73. The summed E-state index contributed by atoms with van der Waals surface area (Å²) in [5.41, 5.74) is 51.9. The fourth-order valence-electron chi connectivity index (χ4n) is 21.2. The number of anilines is 5. The SMILES string of the molecule is Cc1cc(C)c(-c2c3nc(c(-c4c(C)cc(C)cc4C)c4ccc([n-]4)c(-c4c(C)cc(C)cc4C)c4nc(c(-c5ccc(Nc6nc(Nc7ccc(-c8c9nc(c(-c%10c(C)cc(C)cc%10C)c%10ccc([n-]%10)c(-c%10c(C)cc(C)cc%10C)c%10nc(c(-c%11c(C)cc(C)cc%11C)c%11ccc8[n-]%11)C=C%10)C=C9)cc7)nc(N7CCCCC7)n6)cc5)c5ccc2[n-]5)C=C4)C=C3)c(C)c1.[Zn+2].[Zn+2]. The molecular weight excluding hydrogens is 1700 g/mol. The van der Waals surface area contributed by atoms with Crippen LogP contribution in [-0.2, 0) is 39.0 Å². The Kier molecular flexibility index (Phi) is 23.4. The first kappa shape index (κ1) is 87.3. The van der Waals surface area contributed by atoms with Crippen LogP contribution in [0.25, 0.3) is 182 Å². The number of rotatable bonds is 13. The molecule has 632 valence electrons. The molecule has 12 heterocycles. The molecule has 15 aromatic rings. The van der Waals surface area contributed by atoms with E-state index < -0.39 is 0 Å². The minimum atomic E-state index is 0. The summed E-state index contributed by atoms with van der Waals surface area (Å²) >= 11 is 0. The van der Waals surface area contributed by atoms with Crippen molar-refractivity contribution < 1.29 is 39.0 Å². The van der Waals surface area contributed by atoms with E-state index in [2.05, 4.69) is 359 Å². The number of piperidine rings is 1. The van der Waals surface area contributed by atoms with Crippen LogP contribution in [0.3, 0.4) is 0 Å². The van der Waals surface area contributed by atoms with Gasteiger partial charge in [0.15, 0.2) is 0 Å². The zero-order valence-electron chi connectivity index (χ0n) is 77.6. The van der Waals surface area contributed by atoms with Crippen LogP contribution in [0.4, 0.5) is 29.2 Å². The molecule has 1 saturated heterocycles. The van der Waals surface area contributed by atoms with Crippen LogP contribution in [-0.4, -0.2) is 48.0 Å². The van der Waals surface area contributed by atoms with Gasteiger partial charge in [-0.1, -0.05) is 179 Å². The van der Waals surface area contributed by atoms with Crippen molar-refractivity contribution in [3.63, 3.8) is 0 Å². The van der Waals surface area contributed by atoms with Crippen molar-refractivity contribution >= 4 is 122 Å². The third-order valence-electron chi connectivity index (χ3n) is 25.9. The third-order valence-corrected chi connectivity index (χ3v) is 25.9. The first-order valence-corrected chi connectivity index (χ1v) is 44.6. The maximum absolute atomic E-state index is 5.73. The molecule has 0 unspecified atom stereocenters. The molecule has 16 bridgehead atoms. The molecule has 0 aliphatic carbocycles. The number of nitrogens with zero attached hydrogens (tertiary/aromatic N) is 12. The zero-order chi connectivity index (χ0) is 88.5. The van der Waals surface area contributed by atoms with Crippen LogP contribution in [0.1, 0.15) is 165 Å². The largest absolute Gasteiger partial charge is 2.00 e. The molecule has 7 aromatic heterocycles. The Labute approximate surface area is 786 Å². The molecule has 1 fully saturated rings. The van der Waals surface area contributed by atoms with E-state index in [1.807, 2.05) is 0 Å². The topological polar surface area (TPSA) is 174 Å². The molecule has 0 atom stereocenters. The van der Waals surface area contributed by atoms with Crippen LogP contribution >= 0.6 is 0 Å². The molecule has 0 saturated carbocycles. The van der Waals surface area contributed by atoms with Crippen molar-refractivity contribution in [3.05, 3.63) is 316 Å². The Morgan fingerprint density at radius 3 is 0.615 bits per heavy atom. The van der Waals surface area contributed by atoms with Gasteiger partial charge in [-0.2, -0.15) is 15.0 Å². The smallest absolute Gasteiger partial charge is 0.657 e. The fourth-order valence-corrected chi connectivity index (χ4v) is 21.2. The third kappa shape index (κ3) is 16.2. The zero-order valence-corrected chi connectivity index (χ0v) is 83.5. The van der Waals surface area contributed by atoms with Crippen LogP contribution in [0, 0.1) is 125 Å². The summed E-state index contributed by atoms with van der Waals surface area (Å²) in [5, 5.41) is 7.31. The second kappa shape index (κ2) is 34.9. The Bertz CT molecular complexity index is 7050. The molecule has 8 aromatic carbocycles. The summed E-state index contributed by atoms with van der Waals surface area (Å²) in [6, 6.07) is 61.4. The van der Waals surface area contributed by atoms with Crippen molar-refractivity contribution in [2.24, 2.45) is 0 Å². The quantitative estimate of drug-likeness (QED) is 0.104. The van der Waals surface area contributed by atoms with Gasteiger partial charge in [0.1, 0.15) is 0 Å². The summed E-state index contributed by atoms with van der Waals surface area (Å²) in [6.07, 6.45) is 20.5. The van der Waals surface area contributed by atoms with Gasteiger partial charge in [-0.3, -0.25) is 0 Å². The predicted molar refractivity (Wildman–Crippen MR) is 535 cm³/mol. The summed E-state index contributed by atoms with van der Waals surface area (Å²) in [7, 11) is 0. The first-order chi connectivity index (χ1) is 61.8. The Morgan fingerprint density at radius 2 is 0.408 bits per heavy atom. The van der Waals surface area contributed by atoms with Gasteiger partial charge in [0.2, 0.25) is 17.8 Å². The molecule has 16 heteroatoms. The minimum Gasteiger partial charge on any atom is -0.657 e. The van der Waals surface area contributed by atoms with Crippen LogP contribution < -0.4 is 35.5 Å². The molecule has 5 aliphatic rings. The number of fused-ring (bicyclic) bond motifs is 16. The van der Waals surface area contributed by atoms with Gasteiger partial charge >= 0.3 is 39.0 Å². The second-order valence-electron chi connectivity index (χ2n) is 36.1. The number of aryl methyl sites for hydroxylation is 18. The number of nitrogens with one attached hydrogen (secondary N) is 2. The van der Waals surface area contributed by atoms with E-state index in [9.17, 15) is 0 Å². The Hall–Kier alpha value is -13.4. The van der Waals surface area contributed by atoms with Crippen LogP contribution in [0.2, 0.25) is 0 Å². The average Bonchev–Trinajstić information content (AvgIpc) is 1.60. The molecule has 2 N–H and O–H groups in total. The molecule has 0 spiro atoms. The number of hydrogen-bond donors (Lipinski definition) is 2. The molecule has 130 heavy (non-hydrogen) atoms. The monoisotopic (exact) mass is 1790 g/mol. The van der Waals surface area contributed by atoms with E-state index in [1.165, 1.54) is 55.6 Å². The number of hydrogen-bond acceptors (Lipinski definition) is 10. The normalized spacial score (nSPS) is 12.7. The van der Waals surface area contributed by atoms with Crippen molar-refractivity contribution in [1.29, 1.82) is 0 Å². The first-order valence-electron chi connectivity index (χ1n) is 44.6. The molecule has 0 radical (unpaired) electrons. The van der Waals surface area contributed by atoms with E-state index in [0.717, 1.165) is 267 Å². The minimum absolute atomic E-state index is 0. The van der Waals surface area contributed by atoms with Gasteiger partial charge in [-0.15, -0.1) is 44.1 Å². The number of aromatic nitrogens is 11. The van der Waals surface area contributed by atoms with E-state index in [-0.39, 0.29) is 39.0 Å². The molecule has 5 aliphatic heterocycles. The van der Waals surface area contributed by atoms with Gasteiger partial charge in [0.25, 0.3) is 0 Å². The summed E-state index contributed by atoms with van der Waals surface area (Å²) in [6.45, 7) is 41.1. The summed E-state index contributed by atoms with van der Waals surface area (Å²) < 4.78 is 0. The summed E-state index contributed by atoms with van der Waals surface area (Å²) in [5.74, 6) is 1.40. The molecule has 14 nitrogen and oxygen atoms in total. The van der Waals surface area contributed by atoms with Crippen LogP contribution in [0.15, 0.2) is 170 Å². The molecular formula is C114H102N14Zn2. The van der Waals surface area contributed by atoms with Crippen molar-refractivity contribution in [2.75, 3.05) is 28.6 Å². The molecule has 20 rings (SSSR count). The number of benzene rings is 8. The fraction of sp³-hybridized carbons (Fsp3) is 0.202.